The molecule has 0 aliphatic rings. The number of nitrogens with one attached hydrogen (secondary N) is 1. The maximum atomic E-state index is 12.7. The predicted octanol–water partition coefficient (Wildman–Crippen LogP) is 3.75. The minimum absolute atomic E-state index is 0.0961. The number of furan rings is 1. The minimum atomic E-state index is -3.68. The summed E-state index contributed by atoms with van der Waals surface area (Å²) >= 11 is 0. The summed E-state index contributed by atoms with van der Waals surface area (Å²) < 4.78 is 38.5. The fraction of sp³-hybridized carbons (Fsp3) is 0.286. The van der Waals surface area contributed by atoms with E-state index in [4.69, 9.17) is 9.15 Å². The maximum Gasteiger partial charge on any atom is 0.374 e. The molecular weight excluding hydrogens is 378 g/mol. The number of carbonyl (C=O) groups is 1. The second-order valence-electron chi connectivity index (χ2n) is 6.57. The summed E-state index contributed by atoms with van der Waals surface area (Å²) in [7, 11) is -3.68. The highest BCUT2D eigenvalue weighted by atomic mass is 32.2. The average molecular weight is 401 g/mol. The zero-order valence-corrected chi connectivity index (χ0v) is 16.9. The molecule has 0 atom stereocenters. The van der Waals surface area contributed by atoms with Gasteiger partial charge in [-0.25, -0.2) is 17.9 Å². The van der Waals surface area contributed by atoms with Gasteiger partial charge in [-0.05, 0) is 51.0 Å². The van der Waals surface area contributed by atoms with E-state index in [2.05, 4.69) is 4.72 Å². The van der Waals surface area contributed by atoms with Crippen LogP contribution >= 0.6 is 0 Å². The number of hydrogen-bond acceptors (Lipinski definition) is 5. The standard InChI is InChI=1S/C21H23NO5S/c1-4-26-21(23)20-15(3)18-13-17(8-9-19(18)27-20)28(24,25)22-11-10-16-7-5-6-14(2)12-16/h5-9,12-13,22H,4,10-11H2,1-3H3. The lowest BCUT2D eigenvalue weighted by Crippen LogP contribution is -2.26. The summed E-state index contributed by atoms with van der Waals surface area (Å²) in [5.74, 6) is -0.462. The lowest BCUT2D eigenvalue weighted by Gasteiger charge is -2.07. The molecule has 0 saturated heterocycles. The molecule has 0 aliphatic heterocycles. The highest BCUT2D eigenvalue weighted by Crippen LogP contribution is 2.28. The lowest BCUT2D eigenvalue weighted by atomic mass is 10.1. The van der Waals surface area contributed by atoms with Crippen LogP contribution in [0.5, 0.6) is 0 Å². The van der Waals surface area contributed by atoms with Gasteiger partial charge in [-0.15, -0.1) is 0 Å². The molecule has 0 radical (unpaired) electrons. The minimum Gasteiger partial charge on any atom is -0.460 e. The normalized spacial score (nSPS) is 11.7. The van der Waals surface area contributed by atoms with Gasteiger partial charge < -0.3 is 9.15 Å². The molecule has 6 nitrogen and oxygen atoms in total. The van der Waals surface area contributed by atoms with Crippen molar-refractivity contribution in [3.63, 3.8) is 0 Å². The van der Waals surface area contributed by atoms with Gasteiger partial charge in [0, 0.05) is 17.5 Å². The molecule has 3 aromatic rings. The van der Waals surface area contributed by atoms with Crippen LogP contribution in [0.1, 0.15) is 34.2 Å². The highest BCUT2D eigenvalue weighted by Gasteiger charge is 2.21. The van der Waals surface area contributed by atoms with Crippen LogP contribution in [-0.2, 0) is 21.2 Å². The molecule has 28 heavy (non-hydrogen) atoms. The fourth-order valence-electron chi connectivity index (χ4n) is 3.04. The summed E-state index contributed by atoms with van der Waals surface area (Å²) in [6.45, 7) is 5.95. The van der Waals surface area contributed by atoms with Gasteiger partial charge >= 0.3 is 5.97 Å². The molecule has 148 valence electrons. The summed E-state index contributed by atoms with van der Waals surface area (Å²) in [5.41, 5.74) is 3.21. The van der Waals surface area contributed by atoms with Crippen molar-refractivity contribution in [2.45, 2.75) is 32.1 Å². The van der Waals surface area contributed by atoms with Gasteiger partial charge in [-0.2, -0.15) is 0 Å². The number of benzene rings is 2. The van der Waals surface area contributed by atoms with Crippen molar-refractivity contribution in [1.82, 2.24) is 4.72 Å². The number of ether oxygens (including phenoxy) is 1. The number of esters is 1. The fourth-order valence-corrected chi connectivity index (χ4v) is 4.10. The maximum absolute atomic E-state index is 12.7. The monoisotopic (exact) mass is 401 g/mol. The van der Waals surface area contributed by atoms with Crippen LogP contribution in [0, 0.1) is 13.8 Å². The van der Waals surface area contributed by atoms with E-state index in [9.17, 15) is 13.2 Å². The van der Waals surface area contributed by atoms with E-state index in [1.165, 1.54) is 12.1 Å². The van der Waals surface area contributed by atoms with Crippen LogP contribution < -0.4 is 4.72 Å². The van der Waals surface area contributed by atoms with Crippen LogP contribution in [0.2, 0.25) is 0 Å². The third-order valence-corrected chi connectivity index (χ3v) is 5.93. The Bertz CT molecular complexity index is 1120. The number of sulfonamides is 1. The molecule has 2 aromatic carbocycles. The largest absolute Gasteiger partial charge is 0.460 e. The van der Waals surface area contributed by atoms with Gasteiger partial charge in [-0.1, -0.05) is 29.8 Å². The molecule has 0 spiro atoms. The van der Waals surface area contributed by atoms with Gasteiger partial charge in [0.2, 0.25) is 15.8 Å². The number of rotatable bonds is 7. The Balaban J connectivity index is 1.79. The van der Waals surface area contributed by atoms with Crippen LogP contribution in [0.25, 0.3) is 11.0 Å². The summed E-state index contributed by atoms with van der Waals surface area (Å²) in [5, 5.41) is 0.574. The van der Waals surface area contributed by atoms with E-state index in [-0.39, 0.29) is 17.3 Å². The SMILES string of the molecule is CCOC(=O)c1oc2ccc(S(=O)(=O)NCCc3cccc(C)c3)cc2c1C. The van der Waals surface area contributed by atoms with Crippen molar-refractivity contribution < 1.29 is 22.4 Å². The molecule has 0 bridgehead atoms. The molecule has 1 aromatic heterocycles. The highest BCUT2D eigenvalue weighted by molar-refractivity contribution is 7.89. The van der Waals surface area contributed by atoms with E-state index >= 15 is 0 Å². The quantitative estimate of drug-likeness (QED) is 0.610. The first-order valence-electron chi connectivity index (χ1n) is 9.07. The van der Waals surface area contributed by atoms with Gasteiger partial charge in [0.25, 0.3) is 0 Å². The predicted molar refractivity (Wildman–Crippen MR) is 107 cm³/mol. The summed E-state index contributed by atoms with van der Waals surface area (Å²) in [6.07, 6.45) is 0.598. The molecule has 1 heterocycles. The van der Waals surface area contributed by atoms with Crippen LogP contribution in [-0.4, -0.2) is 27.5 Å². The smallest absolute Gasteiger partial charge is 0.374 e. The van der Waals surface area contributed by atoms with Gasteiger partial charge in [0.15, 0.2) is 0 Å². The van der Waals surface area contributed by atoms with E-state index in [0.29, 0.717) is 29.5 Å². The summed E-state index contributed by atoms with van der Waals surface area (Å²) in [6, 6.07) is 12.5. The van der Waals surface area contributed by atoms with Crippen LogP contribution in [0.4, 0.5) is 0 Å². The Morgan fingerprint density at radius 1 is 1.14 bits per heavy atom. The average Bonchev–Trinajstić information content (AvgIpc) is 2.98. The number of carbonyl (C=O) groups excluding carboxylic acids is 1. The molecule has 3 rings (SSSR count). The third-order valence-electron chi connectivity index (χ3n) is 4.47. The van der Waals surface area contributed by atoms with E-state index < -0.39 is 16.0 Å². The van der Waals surface area contributed by atoms with Crippen molar-refractivity contribution in [2.75, 3.05) is 13.2 Å². The molecule has 7 heteroatoms. The van der Waals surface area contributed by atoms with Crippen molar-refractivity contribution >= 4 is 27.0 Å². The number of hydrogen-bond donors (Lipinski definition) is 1. The Morgan fingerprint density at radius 2 is 1.93 bits per heavy atom. The first-order valence-corrected chi connectivity index (χ1v) is 10.6. The Kier molecular flexibility index (Phi) is 5.86. The lowest BCUT2D eigenvalue weighted by molar-refractivity contribution is 0.0491. The molecule has 0 amide bonds. The zero-order valence-electron chi connectivity index (χ0n) is 16.1. The van der Waals surface area contributed by atoms with Crippen LogP contribution in [0.15, 0.2) is 51.8 Å². The molecular formula is C21H23NO5S. The van der Waals surface area contributed by atoms with Crippen molar-refractivity contribution in [2.24, 2.45) is 0 Å². The first-order chi connectivity index (χ1) is 13.3. The molecule has 1 N–H and O–H groups in total. The van der Waals surface area contributed by atoms with E-state index in [0.717, 1.165) is 11.1 Å². The number of fused-ring (bicyclic) bond motifs is 1. The molecule has 0 aliphatic carbocycles. The Hall–Kier alpha value is -2.64. The van der Waals surface area contributed by atoms with E-state index in [1.54, 1.807) is 19.9 Å². The van der Waals surface area contributed by atoms with Gasteiger partial charge in [-0.3, -0.25) is 0 Å². The zero-order chi connectivity index (χ0) is 20.3. The topological polar surface area (TPSA) is 85.6 Å². The Labute approximate surface area is 164 Å². The van der Waals surface area contributed by atoms with Crippen molar-refractivity contribution in [3.8, 4) is 0 Å². The molecule has 0 fully saturated rings. The van der Waals surface area contributed by atoms with E-state index in [1.807, 2.05) is 31.2 Å². The first kappa shape index (κ1) is 20.1. The van der Waals surface area contributed by atoms with Gasteiger partial charge in [0.05, 0.1) is 11.5 Å². The summed E-state index contributed by atoms with van der Waals surface area (Å²) in [4.78, 5) is 12.1. The Morgan fingerprint density at radius 3 is 2.64 bits per heavy atom. The van der Waals surface area contributed by atoms with Gasteiger partial charge in [0.1, 0.15) is 5.58 Å². The second-order valence-corrected chi connectivity index (χ2v) is 8.34. The van der Waals surface area contributed by atoms with Crippen molar-refractivity contribution in [3.05, 3.63) is 64.9 Å². The molecule has 0 saturated carbocycles. The third kappa shape index (κ3) is 4.26. The number of aryl methyl sites for hydroxylation is 2. The van der Waals surface area contributed by atoms with Crippen molar-refractivity contribution in [1.29, 1.82) is 0 Å². The molecule has 0 unspecified atom stereocenters. The second kappa shape index (κ2) is 8.16. The van der Waals surface area contributed by atoms with Crippen LogP contribution in [0.3, 0.4) is 0 Å².